The number of urea groups is 1. The predicted molar refractivity (Wildman–Crippen MR) is 198 cm³/mol. The van der Waals surface area contributed by atoms with E-state index in [1.165, 1.54) is 16.7 Å². The van der Waals surface area contributed by atoms with Gasteiger partial charge in [-0.1, -0.05) is 61.0 Å². The molecule has 1 saturated carbocycles. The van der Waals surface area contributed by atoms with Crippen LogP contribution < -0.4 is 19.7 Å². The zero-order chi connectivity index (χ0) is 34.9. The molecule has 0 saturated heterocycles. The van der Waals surface area contributed by atoms with E-state index in [1.54, 1.807) is 37.4 Å². The number of nitrogens with one attached hydrogen (secondary N) is 2. The van der Waals surface area contributed by atoms with Crippen molar-refractivity contribution in [2.45, 2.75) is 63.9 Å². The first-order valence-corrected chi connectivity index (χ1v) is 19.6. The number of anilines is 2. The molecule has 6 atom stereocenters. The molecule has 2 heterocycles. The zero-order valence-electron chi connectivity index (χ0n) is 29.2. The number of para-hydroxylation sites is 1. The zero-order valence-corrected chi connectivity index (χ0v) is 30.0. The third-order valence-electron chi connectivity index (χ3n) is 11.0. The summed E-state index contributed by atoms with van der Waals surface area (Å²) in [4.78, 5) is 29.5. The molecule has 2 aliphatic carbocycles. The molecule has 1 fully saturated rings. The van der Waals surface area contributed by atoms with Crippen LogP contribution in [0.25, 0.3) is 0 Å². The Labute approximate surface area is 296 Å². The molecule has 3 amide bonds. The molecule has 3 aromatic carbocycles. The van der Waals surface area contributed by atoms with Gasteiger partial charge in [0.05, 0.1) is 24.2 Å². The van der Waals surface area contributed by atoms with Crippen molar-refractivity contribution < 1.29 is 23.3 Å². The number of allylic oxidation sites excluding steroid dienone is 1. The van der Waals surface area contributed by atoms with Crippen LogP contribution in [0.3, 0.4) is 0 Å². The van der Waals surface area contributed by atoms with Gasteiger partial charge in [-0.05, 0) is 105 Å². The molecule has 2 aliphatic heterocycles. The van der Waals surface area contributed by atoms with Gasteiger partial charge in [0.2, 0.25) is 0 Å². The van der Waals surface area contributed by atoms with Gasteiger partial charge in [0, 0.05) is 36.9 Å². The first kappa shape index (κ1) is 34.3. The number of aryl methyl sites for hydroxylation is 2. The summed E-state index contributed by atoms with van der Waals surface area (Å²) in [6.07, 6.45) is 10.1. The Kier molecular flexibility index (Phi) is 9.76. The molecule has 0 radical (unpaired) electrons. The Morgan fingerprint density at radius 3 is 2.72 bits per heavy atom. The predicted octanol–water partition coefficient (Wildman–Crippen LogP) is 7.45. The van der Waals surface area contributed by atoms with E-state index in [-0.39, 0.29) is 23.2 Å². The van der Waals surface area contributed by atoms with E-state index in [4.69, 9.17) is 9.47 Å². The monoisotopic (exact) mass is 696 g/mol. The van der Waals surface area contributed by atoms with Crippen molar-refractivity contribution in [1.82, 2.24) is 4.72 Å². The Balaban J connectivity index is 1.28. The molecule has 2 N–H and O–H groups in total. The fourth-order valence-electron chi connectivity index (χ4n) is 8.35. The third kappa shape index (κ3) is 7.19. The number of amides is 3. The fraction of sp³-hybridized carbons (Fsp3) is 0.450. The van der Waals surface area contributed by atoms with E-state index in [1.807, 2.05) is 25.1 Å². The van der Waals surface area contributed by atoms with Gasteiger partial charge >= 0.3 is 6.03 Å². The largest absolute Gasteiger partial charge is 0.490 e. The van der Waals surface area contributed by atoms with E-state index >= 15 is 0 Å². The van der Waals surface area contributed by atoms with Crippen LogP contribution in [-0.2, 0) is 26.5 Å². The lowest BCUT2D eigenvalue weighted by molar-refractivity contribution is 0.0131. The molecule has 4 aliphatic rings. The highest BCUT2D eigenvalue weighted by Crippen LogP contribution is 2.47. The van der Waals surface area contributed by atoms with Crippen LogP contribution in [-0.4, -0.2) is 54.8 Å². The van der Waals surface area contributed by atoms with E-state index in [2.05, 4.69) is 56.6 Å². The van der Waals surface area contributed by atoms with Crippen LogP contribution in [0, 0.1) is 24.7 Å². The van der Waals surface area contributed by atoms with Crippen molar-refractivity contribution >= 4 is 33.2 Å². The minimum absolute atomic E-state index is 0.0105. The Morgan fingerprint density at radius 1 is 1.10 bits per heavy atom. The first-order valence-electron chi connectivity index (χ1n) is 17.9. The highest BCUT2D eigenvalue weighted by Gasteiger charge is 2.44. The molecule has 9 nitrogen and oxygen atoms in total. The summed E-state index contributed by atoms with van der Waals surface area (Å²) in [5, 5.41) is 2.72. The number of hydrogen-bond donors (Lipinski definition) is 2. The number of fused-ring (bicyclic) bond motifs is 4. The number of nitrogens with zero attached hydrogens (tertiary/aromatic N) is 2. The second kappa shape index (κ2) is 14.2. The minimum atomic E-state index is -3.51. The first-order chi connectivity index (χ1) is 24.1. The summed E-state index contributed by atoms with van der Waals surface area (Å²) in [5.74, 6) is 0.741. The third-order valence-corrected chi connectivity index (χ3v) is 13.0. The Bertz CT molecular complexity index is 1900. The van der Waals surface area contributed by atoms with E-state index in [9.17, 15) is 13.8 Å². The molecule has 10 heteroatoms. The van der Waals surface area contributed by atoms with Gasteiger partial charge in [-0.2, -0.15) is 0 Å². The number of methoxy groups -OCH3 is 1. The molecule has 1 unspecified atom stereocenters. The van der Waals surface area contributed by atoms with E-state index < -0.39 is 21.9 Å². The van der Waals surface area contributed by atoms with Crippen LogP contribution in [0.2, 0.25) is 0 Å². The molecular formula is C40H48N4O5S. The lowest BCUT2D eigenvalue weighted by atomic mass is 9.68. The van der Waals surface area contributed by atoms with Crippen LogP contribution in [0.4, 0.5) is 16.2 Å². The average Bonchev–Trinajstić information content (AvgIpc) is 3.22. The number of carbonyl (C=O) groups excluding carboxylic acids is 2. The number of hydrogen-bond acceptors (Lipinski definition) is 6. The van der Waals surface area contributed by atoms with Crippen molar-refractivity contribution in [2.24, 2.45) is 22.1 Å². The van der Waals surface area contributed by atoms with Crippen molar-refractivity contribution in [3.63, 3.8) is 0 Å². The Morgan fingerprint density at radius 2 is 1.94 bits per heavy atom. The fourth-order valence-corrected chi connectivity index (χ4v) is 10.2. The maximum atomic E-state index is 14.4. The number of carbonyl (C=O) groups is 2. The van der Waals surface area contributed by atoms with Crippen molar-refractivity contribution in [3.05, 3.63) is 101 Å². The topological polar surface area (TPSA) is 109 Å². The molecule has 264 valence electrons. The molecule has 3 aromatic rings. The summed E-state index contributed by atoms with van der Waals surface area (Å²) in [7, 11) is -1.74. The van der Waals surface area contributed by atoms with Gasteiger partial charge < -0.3 is 19.7 Å². The number of rotatable bonds is 3. The highest BCUT2D eigenvalue weighted by atomic mass is 32.2. The van der Waals surface area contributed by atoms with Crippen LogP contribution >= 0.6 is 0 Å². The van der Waals surface area contributed by atoms with Gasteiger partial charge in [0.25, 0.3) is 5.91 Å². The van der Waals surface area contributed by atoms with E-state index in [0.717, 1.165) is 56.6 Å². The molecule has 1 spiro atoms. The van der Waals surface area contributed by atoms with E-state index in [0.29, 0.717) is 36.1 Å². The second-order valence-electron chi connectivity index (χ2n) is 14.7. The van der Waals surface area contributed by atoms with Crippen molar-refractivity contribution in [3.8, 4) is 5.75 Å². The van der Waals surface area contributed by atoms with Crippen LogP contribution in [0.15, 0.2) is 83.2 Å². The molecule has 50 heavy (non-hydrogen) atoms. The smallest absolute Gasteiger partial charge is 0.331 e. The maximum absolute atomic E-state index is 14.4. The highest BCUT2D eigenvalue weighted by molar-refractivity contribution is 7.92. The van der Waals surface area contributed by atoms with Crippen LogP contribution in [0.1, 0.15) is 66.1 Å². The normalized spacial score (nSPS) is 30.0. The summed E-state index contributed by atoms with van der Waals surface area (Å²) < 4.78 is 34.0. The minimum Gasteiger partial charge on any atom is -0.490 e. The molecule has 7 rings (SSSR count). The van der Waals surface area contributed by atoms with Crippen molar-refractivity contribution in [1.29, 1.82) is 0 Å². The SMILES string of the molecule is CO[C@H]1/C=C/C[C@H](C)CS(=O)(NC(=O)Nc2ccccc2)=NC(=O)c2ccc3c(c2)N(C[C@@H]2CC[C@H]21)C[C@@]1(CCCc2cc(C)ccc21)CO3. The lowest BCUT2D eigenvalue weighted by Crippen LogP contribution is -2.49. The quantitative estimate of drug-likeness (QED) is 0.276. The van der Waals surface area contributed by atoms with Gasteiger partial charge in [0.1, 0.15) is 15.7 Å². The van der Waals surface area contributed by atoms with Gasteiger partial charge in [-0.15, -0.1) is 4.36 Å². The molecule has 0 aromatic heterocycles. The summed E-state index contributed by atoms with van der Waals surface area (Å²) in [5.41, 5.74) is 5.53. The standard InChI is InChI=1S/C40H48N4O5S/c1-27-14-18-34-29(21-27)10-8-20-40(34)25-44-23-31-15-17-33(31)36(48-3)13-7-9-28(2)24-50(47,43-39(46)41-32-11-5-4-6-12-32)42-38(45)30-16-19-37(49-26-40)35(44)22-30/h4-7,11-14,16,18-19,21-22,28,31,33,36H,8-10,15,17,20,23-26H2,1-3H3,(H2,41,42,43,45,46,47)/b13-7+/t28-,31-,33+,36-,40-,50?/m0/s1. The molecular weight excluding hydrogens is 649 g/mol. The van der Waals surface area contributed by atoms with Gasteiger partial charge in [-0.3, -0.25) is 4.79 Å². The lowest BCUT2D eigenvalue weighted by Gasteiger charge is -2.46. The van der Waals surface area contributed by atoms with Crippen LogP contribution in [0.5, 0.6) is 5.75 Å². The van der Waals surface area contributed by atoms with Crippen molar-refractivity contribution in [2.75, 3.05) is 42.8 Å². The van der Waals surface area contributed by atoms with Gasteiger partial charge in [0.15, 0.2) is 0 Å². The second-order valence-corrected chi connectivity index (χ2v) is 16.7. The average molecular weight is 697 g/mol. The Hall–Kier alpha value is -4.15. The number of benzene rings is 3. The summed E-state index contributed by atoms with van der Waals surface area (Å²) >= 11 is 0. The van der Waals surface area contributed by atoms with Gasteiger partial charge in [-0.25, -0.2) is 13.7 Å². The summed E-state index contributed by atoms with van der Waals surface area (Å²) in [6, 6.07) is 20.5. The number of ether oxygens (including phenoxy) is 2. The maximum Gasteiger partial charge on any atom is 0.331 e. The molecule has 2 bridgehead atoms. The summed E-state index contributed by atoms with van der Waals surface area (Å²) in [6.45, 7) is 6.22.